The molecule has 2 heterocycles. The molecule has 172 valence electrons. The van der Waals surface area contributed by atoms with Crippen molar-refractivity contribution in [3.8, 4) is 11.5 Å². The quantitative estimate of drug-likeness (QED) is 0.489. The zero-order chi connectivity index (χ0) is 23.4. The molecule has 0 saturated carbocycles. The van der Waals surface area contributed by atoms with Crippen LogP contribution in [0, 0.1) is 5.92 Å². The van der Waals surface area contributed by atoms with Crippen LogP contribution in [0.1, 0.15) is 36.1 Å². The first-order valence-electron chi connectivity index (χ1n) is 10.5. The molecule has 0 saturated heterocycles. The monoisotopic (exact) mass is 467 g/mol. The third kappa shape index (κ3) is 5.28. The first-order valence-corrected chi connectivity index (χ1v) is 11.5. The van der Waals surface area contributed by atoms with Crippen molar-refractivity contribution in [2.75, 3.05) is 17.9 Å². The van der Waals surface area contributed by atoms with Crippen LogP contribution >= 0.6 is 11.8 Å². The molecule has 0 aliphatic carbocycles. The average Bonchev–Trinajstić information content (AvgIpc) is 3.42. The Hall–Kier alpha value is -3.53. The fourth-order valence-corrected chi connectivity index (χ4v) is 4.08. The maximum atomic E-state index is 12.9. The molecular weight excluding hydrogens is 442 g/mol. The summed E-state index contributed by atoms with van der Waals surface area (Å²) in [6.45, 7) is 4.15. The zero-order valence-electron chi connectivity index (χ0n) is 18.6. The number of amides is 2. The van der Waals surface area contributed by atoms with E-state index in [0.717, 1.165) is 5.69 Å². The van der Waals surface area contributed by atoms with Crippen molar-refractivity contribution < 1.29 is 19.1 Å². The van der Waals surface area contributed by atoms with E-state index in [1.807, 2.05) is 55.8 Å². The summed E-state index contributed by atoms with van der Waals surface area (Å²) in [6.07, 6.45) is 0. The van der Waals surface area contributed by atoms with E-state index in [2.05, 4.69) is 20.8 Å². The highest BCUT2D eigenvalue weighted by molar-refractivity contribution is 7.99. The van der Waals surface area contributed by atoms with E-state index in [1.54, 1.807) is 18.2 Å². The van der Waals surface area contributed by atoms with E-state index < -0.39 is 0 Å². The third-order valence-electron chi connectivity index (χ3n) is 5.12. The van der Waals surface area contributed by atoms with E-state index in [9.17, 15) is 9.59 Å². The molecular formula is C23H25N5O4S. The summed E-state index contributed by atoms with van der Waals surface area (Å²) in [5.74, 6) is 1.67. The van der Waals surface area contributed by atoms with Gasteiger partial charge >= 0.3 is 0 Å². The number of hydrogen-bond donors (Lipinski definition) is 2. The Bertz CT molecular complexity index is 1150. The predicted octanol–water partition coefficient (Wildman–Crippen LogP) is 3.40. The van der Waals surface area contributed by atoms with Crippen molar-refractivity contribution in [1.29, 1.82) is 0 Å². The normalized spacial score (nSPS) is 13.1. The Kier molecular flexibility index (Phi) is 6.83. The lowest BCUT2D eigenvalue weighted by Crippen LogP contribution is -2.33. The summed E-state index contributed by atoms with van der Waals surface area (Å²) in [4.78, 5) is 25.2. The van der Waals surface area contributed by atoms with Crippen LogP contribution in [0.15, 0.2) is 53.7 Å². The van der Waals surface area contributed by atoms with Crippen LogP contribution in [0.3, 0.4) is 0 Å². The summed E-state index contributed by atoms with van der Waals surface area (Å²) in [7, 11) is 1.83. The fraction of sp³-hybridized carbons (Fsp3) is 0.304. The van der Waals surface area contributed by atoms with Crippen LogP contribution in [-0.4, -0.2) is 39.1 Å². The summed E-state index contributed by atoms with van der Waals surface area (Å²) in [5, 5.41) is 15.0. The van der Waals surface area contributed by atoms with Crippen LogP contribution in [0.2, 0.25) is 0 Å². The lowest BCUT2D eigenvalue weighted by molar-refractivity contribution is -0.113. The number of nitrogens with one attached hydrogen (secondary N) is 2. The molecule has 1 aliphatic heterocycles. The maximum absolute atomic E-state index is 12.9. The van der Waals surface area contributed by atoms with Crippen molar-refractivity contribution in [3.05, 3.63) is 59.9 Å². The van der Waals surface area contributed by atoms with Gasteiger partial charge in [-0.25, -0.2) is 0 Å². The number of para-hydroxylation sites is 1. The number of carbonyl (C=O) groups excluding carboxylic acids is 2. The lowest BCUT2D eigenvalue weighted by atomic mass is 10.0. The molecule has 2 aromatic carbocycles. The molecule has 1 atom stereocenters. The summed E-state index contributed by atoms with van der Waals surface area (Å²) < 4.78 is 12.5. The molecule has 33 heavy (non-hydrogen) atoms. The van der Waals surface area contributed by atoms with Gasteiger partial charge in [-0.05, 0) is 36.2 Å². The Balaban J connectivity index is 1.42. The van der Waals surface area contributed by atoms with Crippen LogP contribution in [0.4, 0.5) is 5.69 Å². The molecule has 0 bridgehead atoms. The van der Waals surface area contributed by atoms with Crippen LogP contribution in [0.5, 0.6) is 11.5 Å². The topological polar surface area (TPSA) is 107 Å². The molecule has 1 aliphatic rings. The molecule has 2 amide bonds. The predicted molar refractivity (Wildman–Crippen MR) is 124 cm³/mol. The fourth-order valence-electron chi connectivity index (χ4n) is 3.36. The third-order valence-corrected chi connectivity index (χ3v) is 6.14. The van der Waals surface area contributed by atoms with Gasteiger partial charge in [0.25, 0.3) is 5.91 Å². The average molecular weight is 468 g/mol. The van der Waals surface area contributed by atoms with Gasteiger partial charge in [-0.3, -0.25) is 9.59 Å². The van der Waals surface area contributed by atoms with Gasteiger partial charge in [0, 0.05) is 18.3 Å². The number of nitrogens with zero attached hydrogens (tertiary/aromatic N) is 3. The van der Waals surface area contributed by atoms with Gasteiger partial charge in [0.1, 0.15) is 0 Å². The van der Waals surface area contributed by atoms with Gasteiger partial charge in [0.2, 0.25) is 12.7 Å². The number of anilines is 1. The minimum atomic E-state index is -0.368. The van der Waals surface area contributed by atoms with Crippen molar-refractivity contribution in [3.63, 3.8) is 0 Å². The standard InChI is InChI=1S/C23H25N5O4S/c1-14(2)20(25-22(30)15-9-10-17-18(11-15)32-13-31-17)21-26-27-23(28(21)3)33-12-19(29)24-16-7-5-4-6-8-16/h4-11,14,20H,12-13H2,1-3H3,(H,24,29)(H,25,30). The largest absolute Gasteiger partial charge is 0.454 e. The highest BCUT2D eigenvalue weighted by atomic mass is 32.2. The van der Waals surface area contributed by atoms with Gasteiger partial charge in [0.05, 0.1) is 11.8 Å². The van der Waals surface area contributed by atoms with E-state index in [-0.39, 0.29) is 36.3 Å². The smallest absolute Gasteiger partial charge is 0.252 e. The lowest BCUT2D eigenvalue weighted by Gasteiger charge is -2.21. The van der Waals surface area contributed by atoms with E-state index in [0.29, 0.717) is 28.0 Å². The summed E-state index contributed by atoms with van der Waals surface area (Å²) in [5.41, 5.74) is 1.21. The zero-order valence-corrected chi connectivity index (χ0v) is 19.4. The van der Waals surface area contributed by atoms with Crippen molar-refractivity contribution in [1.82, 2.24) is 20.1 Å². The van der Waals surface area contributed by atoms with Crippen LogP contribution in [0.25, 0.3) is 0 Å². The van der Waals surface area contributed by atoms with Gasteiger partial charge in [-0.2, -0.15) is 0 Å². The minimum Gasteiger partial charge on any atom is -0.454 e. The number of benzene rings is 2. The van der Waals surface area contributed by atoms with Gasteiger partial charge in [-0.15, -0.1) is 10.2 Å². The molecule has 0 fully saturated rings. The number of aromatic nitrogens is 3. The molecule has 10 heteroatoms. The molecule has 3 aromatic rings. The number of ether oxygens (including phenoxy) is 2. The molecule has 4 rings (SSSR count). The van der Waals surface area contributed by atoms with E-state index in [1.165, 1.54) is 11.8 Å². The number of thioether (sulfide) groups is 1. The van der Waals surface area contributed by atoms with Gasteiger partial charge in [-0.1, -0.05) is 43.8 Å². The Labute approximate surface area is 195 Å². The molecule has 2 N–H and O–H groups in total. The Morgan fingerprint density at radius 3 is 2.61 bits per heavy atom. The molecule has 9 nitrogen and oxygen atoms in total. The second kappa shape index (κ2) is 9.95. The molecule has 0 spiro atoms. The highest BCUT2D eigenvalue weighted by Gasteiger charge is 2.26. The van der Waals surface area contributed by atoms with E-state index in [4.69, 9.17) is 9.47 Å². The first-order chi connectivity index (χ1) is 15.9. The van der Waals surface area contributed by atoms with Crippen molar-refractivity contribution in [2.45, 2.75) is 25.0 Å². The number of fused-ring (bicyclic) bond motifs is 1. The van der Waals surface area contributed by atoms with Crippen LogP contribution < -0.4 is 20.1 Å². The second-order valence-electron chi connectivity index (χ2n) is 7.87. The van der Waals surface area contributed by atoms with Gasteiger partial charge in [0.15, 0.2) is 22.5 Å². The van der Waals surface area contributed by atoms with Crippen LogP contribution in [-0.2, 0) is 11.8 Å². The maximum Gasteiger partial charge on any atom is 0.252 e. The van der Waals surface area contributed by atoms with Crippen molar-refractivity contribution in [2.24, 2.45) is 13.0 Å². The Morgan fingerprint density at radius 2 is 1.85 bits per heavy atom. The van der Waals surface area contributed by atoms with Crippen molar-refractivity contribution >= 4 is 29.3 Å². The van der Waals surface area contributed by atoms with Gasteiger partial charge < -0.3 is 24.7 Å². The molecule has 1 unspecified atom stereocenters. The number of rotatable bonds is 8. The summed E-state index contributed by atoms with van der Waals surface area (Å²) in [6, 6.07) is 14.0. The molecule has 1 aromatic heterocycles. The minimum absolute atomic E-state index is 0.0603. The highest BCUT2D eigenvalue weighted by Crippen LogP contribution is 2.33. The molecule has 0 radical (unpaired) electrons. The second-order valence-corrected chi connectivity index (χ2v) is 8.81. The Morgan fingerprint density at radius 1 is 1.09 bits per heavy atom. The summed E-state index contributed by atoms with van der Waals surface area (Å²) >= 11 is 1.29. The number of hydrogen-bond acceptors (Lipinski definition) is 7. The SMILES string of the molecule is CC(C)C(NC(=O)c1ccc2c(c1)OCO2)c1nnc(SCC(=O)Nc2ccccc2)n1C. The van der Waals surface area contributed by atoms with E-state index >= 15 is 0 Å². The number of carbonyl (C=O) groups is 2. The first kappa shape index (κ1) is 22.7.